The number of hydrogen-bond acceptors (Lipinski definition) is 2. The molecule has 2 rings (SSSR count). The predicted molar refractivity (Wildman–Crippen MR) is 70.3 cm³/mol. The minimum absolute atomic E-state index is 0.188. The summed E-state index contributed by atoms with van der Waals surface area (Å²) >= 11 is 0. The summed E-state index contributed by atoms with van der Waals surface area (Å²) in [4.78, 5) is 0. The monoisotopic (exact) mass is 245 g/mol. The molecule has 2 N–H and O–H groups in total. The lowest BCUT2D eigenvalue weighted by Gasteiger charge is -2.11. The Balaban J connectivity index is 2.28. The van der Waals surface area contributed by atoms with E-state index in [2.05, 4.69) is 0 Å². The van der Waals surface area contributed by atoms with E-state index in [1.54, 1.807) is 12.1 Å². The lowest BCUT2D eigenvalue weighted by molar-refractivity contribution is 0.438. The van der Waals surface area contributed by atoms with Crippen molar-refractivity contribution < 1.29 is 9.13 Å². The third-order valence-corrected chi connectivity index (χ3v) is 2.80. The molecule has 1 unspecified atom stereocenters. The number of halogens is 1. The number of benzene rings is 2. The lowest BCUT2D eigenvalue weighted by atomic mass is 10.1. The number of aryl methyl sites for hydroxylation is 1. The smallest absolute Gasteiger partial charge is 0.166 e. The summed E-state index contributed by atoms with van der Waals surface area (Å²) in [6.07, 6.45) is 0. The number of ether oxygens (including phenoxy) is 1. The Morgan fingerprint density at radius 1 is 1.11 bits per heavy atom. The molecule has 1 atom stereocenters. The molecular weight excluding hydrogens is 229 g/mol. The molecule has 0 aliphatic rings. The number of para-hydroxylation sites is 1. The van der Waals surface area contributed by atoms with Crippen molar-refractivity contribution >= 4 is 0 Å². The summed E-state index contributed by atoms with van der Waals surface area (Å²) < 4.78 is 19.4. The van der Waals surface area contributed by atoms with E-state index < -0.39 is 5.82 Å². The fourth-order valence-electron chi connectivity index (χ4n) is 1.67. The Kier molecular flexibility index (Phi) is 3.63. The second-order valence-corrected chi connectivity index (χ2v) is 4.35. The van der Waals surface area contributed by atoms with Crippen LogP contribution in [0.4, 0.5) is 4.39 Å². The summed E-state index contributed by atoms with van der Waals surface area (Å²) in [5.74, 6) is 0.478. The molecule has 94 valence electrons. The Hall–Kier alpha value is -1.87. The molecule has 0 saturated carbocycles. The van der Waals surface area contributed by atoms with Crippen LogP contribution in [0.3, 0.4) is 0 Å². The van der Waals surface area contributed by atoms with Crippen LogP contribution in [0.15, 0.2) is 42.5 Å². The van der Waals surface area contributed by atoms with Gasteiger partial charge >= 0.3 is 0 Å². The van der Waals surface area contributed by atoms with Gasteiger partial charge in [-0.25, -0.2) is 4.39 Å². The van der Waals surface area contributed by atoms with Gasteiger partial charge in [0.1, 0.15) is 5.75 Å². The molecule has 0 aliphatic heterocycles. The Labute approximate surface area is 106 Å². The van der Waals surface area contributed by atoms with Crippen molar-refractivity contribution in [3.05, 3.63) is 59.4 Å². The Bertz CT molecular complexity index is 552. The zero-order chi connectivity index (χ0) is 13.1. The highest BCUT2D eigenvalue weighted by Crippen LogP contribution is 2.28. The average Bonchev–Trinajstić information content (AvgIpc) is 2.34. The first-order chi connectivity index (χ1) is 8.58. The van der Waals surface area contributed by atoms with E-state index in [9.17, 15) is 4.39 Å². The van der Waals surface area contributed by atoms with E-state index in [1.165, 1.54) is 6.07 Å². The molecule has 0 saturated heterocycles. The zero-order valence-corrected chi connectivity index (χ0v) is 10.5. The number of hydrogen-bond donors (Lipinski definition) is 1. The van der Waals surface area contributed by atoms with Gasteiger partial charge in [0.15, 0.2) is 11.6 Å². The fraction of sp³-hybridized carbons (Fsp3) is 0.200. The molecule has 0 aliphatic carbocycles. The average molecular weight is 245 g/mol. The van der Waals surface area contributed by atoms with Crippen LogP contribution < -0.4 is 10.5 Å². The molecule has 0 radical (unpaired) electrons. The van der Waals surface area contributed by atoms with Crippen molar-refractivity contribution in [3.63, 3.8) is 0 Å². The van der Waals surface area contributed by atoms with Gasteiger partial charge in [0, 0.05) is 6.04 Å². The molecule has 3 heteroatoms. The lowest BCUT2D eigenvalue weighted by Crippen LogP contribution is -2.05. The van der Waals surface area contributed by atoms with Crippen molar-refractivity contribution in [3.8, 4) is 11.5 Å². The van der Waals surface area contributed by atoms with Gasteiger partial charge in [0.2, 0.25) is 0 Å². The molecule has 0 spiro atoms. The molecule has 0 fully saturated rings. The van der Waals surface area contributed by atoms with Crippen LogP contribution in [0.5, 0.6) is 11.5 Å². The van der Waals surface area contributed by atoms with Gasteiger partial charge in [-0.3, -0.25) is 0 Å². The largest absolute Gasteiger partial charge is 0.454 e. The highest BCUT2D eigenvalue weighted by atomic mass is 19.1. The third-order valence-electron chi connectivity index (χ3n) is 2.80. The van der Waals surface area contributed by atoms with Gasteiger partial charge in [0.25, 0.3) is 0 Å². The molecule has 0 bridgehead atoms. The molecule has 2 aromatic carbocycles. The Morgan fingerprint density at radius 3 is 2.44 bits per heavy atom. The molecule has 0 aromatic heterocycles. The van der Waals surface area contributed by atoms with E-state index in [0.29, 0.717) is 5.75 Å². The van der Waals surface area contributed by atoms with Crippen molar-refractivity contribution in [2.75, 3.05) is 0 Å². The molecule has 0 amide bonds. The molecular formula is C15H16FNO. The standard InChI is InChI=1S/C15H16FNO/c1-10-5-3-4-6-14(10)18-15-8-7-12(11(2)17)9-13(15)16/h3-9,11H,17H2,1-2H3. The summed E-state index contributed by atoms with van der Waals surface area (Å²) in [7, 11) is 0. The fourth-order valence-corrected chi connectivity index (χ4v) is 1.67. The van der Waals surface area contributed by atoms with Crippen LogP contribution in [0.25, 0.3) is 0 Å². The van der Waals surface area contributed by atoms with Gasteiger partial charge in [-0.2, -0.15) is 0 Å². The highest BCUT2D eigenvalue weighted by Gasteiger charge is 2.09. The van der Waals surface area contributed by atoms with E-state index >= 15 is 0 Å². The first kappa shape index (κ1) is 12.6. The van der Waals surface area contributed by atoms with Crippen LogP contribution in [-0.2, 0) is 0 Å². The summed E-state index contributed by atoms with van der Waals surface area (Å²) in [6.45, 7) is 3.74. The minimum atomic E-state index is -0.395. The van der Waals surface area contributed by atoms with Crippen molar-refractivity contribution in [1.29, 1.82) is 0 Å². The SMILES string of the molecule is Cc1ccccc1Oc1ccc(C(C)N)cc1F. The van der Waals surface area contributed by atoms with Gasteiger partial charge in [0.05, 0.1) is 0 Å². The number of rotatable bonds is 3. The quantitative estimate of drug-likeness (QED) is 0.888. The first-order valence-corrected chi connectivity index (χ1v) is 5.86. The van der Waals surface area contributed by atoms with Crippen LogP contribution in [-0.4, -0.2) is 0 Å². The highest BCUT2D eigenvalue weighted by molar-refractivity contribution is 5.38. The van der Waals surface area contributed by atoms with Gasteiger partial charge < -0.3 is 10.5 Å². The topological polar surface area (TPSA) is 35.2 Å². The normalized spacial score (nSPS) is 12.2. The Morgan fingerprint density at radius 2 is 1.83 bits per heavy atom. The maximum atomic E-state index is 13.8. The van der Waals surface area contributed by atoms with E-state index in [1.807, 2.05) is 38.1 Å². The maximum Gasteiger partial charge on any atom is 0.166 e. The van der Waals surface area contributed by atoms with E-state index in [-0.39, 0.29) is 11.8 Å². The second-order valence-electron chi connectivity index (χ2n) is 4.35. The minimum Gasteiger partial charge on any atom is -0.454 e. The van der Waals surface area contributed by atoms with Crippen LogP contribution in [0.2, 0.25) is 0 Å². The zero-order valence-electron chi connectivity index (χ0n) is 10.5. The molecule has 0 heterocycles. The van der Waals surface area contributed by atoms with Gasteiger partial charge in [-0.15, -0.1) is 0 Å². The molecule has 2 aromatic rings. The number of nitrogens with two attached hydrogens (primary N) is 1. The predicted octanol–water partition coefficient (Wildman–Crippen LogP) is 3.95. The van der Waals surface area contributed by atoms with Crippen LogP contribution in [0.1, 0.15) is 24.1 Å². The van der Waals surface area contributed by atoms with Gasteiger partial charge in [-0.1, -0.05) is 24.3 Å². The van der Waals surface area contributed by atoms with Crippen molar-refractivity contribution in [2.24, 2.45) is 5.73 Å². The molecule has 18 heavy (non-hydrogen) atoms. The van der Waals surface area contributed by atoms with E-state index in [4.69, 9.17) is 10.5 Å². The van der Waals surface area contributed by atoms with E-state index in [0.717, 1.165) is 11.1 Å². The molecule has 2 nitrogen and oxygen atoms in total. The first-order valence-electron chi connectivity index (χ1n) is 5.86. The van der Waals surface area contributed by atoms with Crippen molar-refractivity contribution in [1.82, 2.24) is 0 Å². The summed E-state index contributed by atoms with van der Waals surface area (Å²) in [5.41, 5.74) is 7.42. The summed E-state index contributed by atoms with van der Waals surface area (Å²) in [5, 5.41) is 0. The maximum absolute atomic E-state index is 13.8. The van der Waals surface area contributed by atoms with Crippen molar-refractivity contribution in [2.45, 2.75) is 19.9 Å². The second kappa shape index (κ2) is 5.19. The third kappa shape index (κ3) is 2.68. The van der Waals surface area contributed by atoms with Gasteiger partial charge in [-0.05, 0) is 43.2 Å². The van der Waals surface area contributed by atoms with Crippen LogP contribution in [0, 0.1) is 12.7 Å². The summed E-state index contributed by atoms with van der Waals surface area (Å²) in [6, 6.07) is 12.1. The van der Waals surface area contributed by atoms with Crippen LogP contribution >= 0.6 is 0 Å².